The molecule has 7 rings (SSSR count). The summed E-state index contributed by atoms with van der Waals surface area (Å²) in [5, 5.41) is 4.80. The van der Waals surface area contributed by atoms with Gasteiger partial charge in [0.1, 0.15) is 36.3 Å². The van der Waals surface area contributed by atoms with Gasteiger partial charge >= 0.3 is 18.1 Å². The van der Waals surface area contributed by atoms with Gasteiger partial charge in [0.15, 0.2) is 35.7 Å². The van der Waals surface area contributed by atoms with Crippen LogP contribution in [-0.4, -0.2) is 91.3 Å². The molecule has 7 heterocycles. The first-order chi connectivity index (χ1) is 20.5. The Morgan fingerprint density at radius 2 is 1.95 bits per heavy atom. The van der Waals surface area contributed by atoms with Crippen LogP contribution in [0.3, 0.4) is 0 Å². The molecule has 6 N–H and O–H groups in total. The maximum Gasteiger partial charge on any atom is 0.472 e. The Kier molecular flexibility index (Phi) is 6.83. The Morgan fingerprint density at radius 3 is 2.79 bits per heavy atom. The number of aromatic nitrogens is 7. The highest BCUT2D eigenvalue weighted by Gasteiger charge is 2.52. The summed E-state index contributed by atoms with van der Waals surface area (Å²) in [7, 11) is -9.47. The fourth-order valence-electron chi connectivity index (χ4n) is 5.27. The first-order valence-corrected chi connectivity index (χ1v) is 15.7. The van der Waals surface area contributed by atoms with E-state index in [2.05, 4.69) is 29.8 Å². The Hall–Kier alpha value is -3.40. The van der Waals surface area contributed by atoms with E-state index in [9.17, 15) is 17.9 Å². The number of hydrogen-bond donors (Lipinski definition) is 4. The number of nitrogen functional groups attached to an aromatic ring is 2. The Labute approximate surface area is 241 Å². The summed E-state index contributed by atoms with van der Waals surface area (Å²) in [5.74, 6) is 0.0363. The maximum atomic E-state index is 15.8. The van der Waals surface area contributed by atoms with Crippen LogP contribution in [0.5, 0.6) is 0 Å². The normalized spacial score (nSPS) is 34.9. The van der Waals surface area contributed by atoms with Crippen LogP contribution in [0, 0.1) is 0 Å². The zero-order valence-electron chi connectivity index (χ0n) is 21.8. The van der Waals surface area contributed by atoms with Crippen molar-refractivity contribution in [2.75, 3.05) is 24.6 Å². The number of ether oxygens (including phenoxy) is 2. The van der Waals surface area contributed by atoms with Gasteiger partial charge in [0.25, 0.3) is 0 Å². The number of fused-ring (bicyclic) bond motifs is 4. The molecule has 3 fully saturated rings. The van der Waals surface area contributed by atoms with E-state index in [1.165, 1.54) is 28.0 Å². The molecule has 8 atom stereocenters. The number of rotatable bonds is 2. The van der Waals surface area contributed by atoms with E-state index in [0.717, 1.165) is 6.33 Å². The van der Waals surface area contributed by atoms with Gasteiger partial charge in [-0.1, -0.05) is 0 Å². The minimum atomic E-state index is -4.97. The lowest BCUT2D eigenvalue weighted by atomic mass is 10.1. The molecule has 0 amide bonds. The van der Waals surface area contributed by atoms with Crippen molar-refractivity contribution in [1.82, 2.24) is 39.0 Å². The fourth-order valence-corrected chi connectivity index (χ4v) is 7.20. The van der Waals surface area contributed by atoms with Crippen molar-refractivity contribution >= 4 is 51.8 Å². The summed E-state index contributed by atoms with van der Waals surface area (Å²) in [5.41, 5.74) is 12.9. The molecule has 43 heavy (non-hydrogen) atoms. The number of halogens is 1. The van der Waals surface area contributed by atoms with Gasteiger partial charge in [0, 0.05) is 24.8 Å². The van der Waals surface area contributed by atoms with E-state index in [1.54, 1.807) is 6.07 Å². The zero-order chi connectivity index (χ0) is 30.1. The maximum absolute atomic E-state index is 15.8. The average Bonchev–Trinajstić information content (AvgIpc) is 3.72. The molecule has 230 valence electrons. The second kappa shape index (κ2) is 10.4. The molecular formula is C21H24FN10O9PS. The molecule has 3 aliphatic heterocycles. The second-order valence-corrected chi connectivity index (χ2v) is 12.8. The van der Waals surface area contributed by atoms with Crippen LogP contribution < -0.4 is 16.2 Å². The summed E-state index contributed by atoms with van der Waals surface area (Å²) >= 11 is 0. The zero-order valence-corrected chi connectivity index (χ0v) is 23.5. The van der Waals surface area contributed by atoms with Gasteiger partial charge in [-0.05, 0) is 6.07 Å². The quantitative estimate of drug-likeness (QED) is 0.205. The first kappa shape index (κ1) is 28.4. The van der Waals surface area contributed by atoms with E-state index in [-0.39, 0.29) is 23.4 Å². The van der Waals surface area contributed by atoms with Gasteiger partial charge in [-0.2, -0.15) is 18.2 Å². The van der Waals surface area contributed by atoms with Gasteiger partial charge in [0.05, 0.1) is 24.5 Å². The van der Waals surface area contributed by atoms with Gasteiger partial charge in [-0.25, -0.2) is 33.6 Å². The Balaban J connectivity index is 1.15. The lowest BCUT2D eigenvalue weighted by molar-refractivity contribution is -0.0500. The molecule has 4 aromatic rings. The number of imidazole rings is 1. The number of nitrogens with two attached hydrogens (primary N) is 2. The van der Waals surface area contributed by atoms with Gasteiger partial charge in [-0.15, -0.1) is 0 Å². The summed E-state index contributed by atoms with van der Waals surface area (Å²) < 4.78 is 87.0. The fraction of sp³-hybridized carbons (Fsp3) is 0.476. The van der Waals surface area contributed by atoms with Gasteiger partial charge in [0.2, 0.25) is 0 Å². The lowest BCUT2D eigenvalue weighted by Crippen LogP contribution is -2.43. The number of anilines is 2. The highest BCUT2D eigenvalue weighted by Crippen LogP contribution is 2.50. The van der Waals surface area contributed by atoms with E-state index in [1.807, 2.05) is 0 Å². The summed E-state index contributed by atoms with van der Waals surface area (Å²) in [6, 6.07) is 1.59. The molecule has 0 bridgehead atoms. The van der Waals surface area contributed by atoms with Crippen LogP contribution in [0.2, 0.25) is 0 Å². The molecule has 19 nitrogen and oxygen atoms in total. The number of nitrogens with zero attached hydrogens (tertiary/aromatic N) is 7. The number of hydrogen-bond acceptors (Lipinski definition) is 15. The van der Waals surface area contributed by atoms with E-state index in [0.29, 0.717) is 16.7 Å². The van der Waals surface area contributed by atoms with Gasteiger partial charge < -0.3 is 25.8 Å². The predicted molar refractivity (Wildman–Crippen MR) is 141 cm³/mol. The minimum absolute atomic E-state index is 0.0363. The highest BCUT2D eigenvalue weighted by molar-refractivity contribution is 7.84. The molecule has 3 saturated heterocycles. The molecule has 8 unspecified atom stereocenters. The molecule has 3 aliphatic rings. The average molecular weight is 643 g/mol. The molecule has 0 aromatic carbocycles. The number of alkyl halides is 1. The number of nitrogens with one attached hydrogen (secondary N) is 1. The van der Waals surface area contributed by atoms with Crippen LogP contribution in [-0.2, 0) is 37.6 Å². The molecular weight excluding hydrogens is 618 g/mol. The van der Waals surface area contributed by atoms with Crippen molar-refractivity contribution in [3.8, 4) is 0 Å². The Bertz CT molecular complexity index is 1860. The number of phosphoric acid groups is 1. The summed E-state index contributed by atoms with van der Waals surface area (Å²) in [6.45, 7) is -1.25. The van der Waals surface area contributed by atoms with Crippen molar-refractivity contribution in [3.05, 3.63) is 31.1 Å². The summed E-state index contributed by atoms with van der Waals surface area (Å²) in [4.78, 5) is 26.8. The van der Waals surface area contributed by atoms with Crippen molar-refractivity contribution in [1.29, 1.82) is 0 Å². The minimum Gasteiger partial charge on any atom is -0.398 e. The molecule has 0 aliphatic carbocycles. The molecule has 4 aromatic heterocycles. The number of phosphoric ester groups is 1. The molecule has 0 radical (unpaired) electrons. The SMILES string of the molecule is Nc1ccnc2c1cnn2C1CC2OS(=O)(=O)NCC3OC(n4cnc5c(N)ncnc54)C(F)C3OP(=O)(O)OCC2O1. The van der Waals surface area contributed by atoms with Crippen molar-refractivity contribution in [2.24, 2.45) is 0 Å². The van der Waals surface area contributed by atoms with Crippen LogP contribution in [0.25, 0.3) is 22.2 Å². The van der Waals surface area contributed by atoms with E-state index >= 15 is 4.39 Å². The monoisotopic (exact) mass is 642 g/mol. The largest absolute Gasteiger partial charge is 0.472 e. The van der Waals surface area contributed by atoms with E-state index in [4.69, 9.17) is 34.2 Å². The van der Waals surface area contributed by atoms with E-state index < -0.39 is 74.3 Å². The smallest absolute Gasteiger partial charge is 0.398 e. The molecule has 22 heteroatoms. The predicted octanol–water partition coefficient (Wildman–Crippen LogP) is -0.306. The first-order valence-electron chi connectivity index (χ1n) is 12.8. The Morgan fingerprint density at radius 1 is 1.12 bits per heavy atom. The standard InChI is InChI=1S/C21H24FN10O9PS/c22-15-17-12(39-21(15)31-8-28-16-18(24)26-7-27-20(16)31)5-30-43(35,36)41-11-3-14(38-13(11)6-37-42(33,34)40-17)32-19-9(4-29-32)10(23)1-2-25-19/h1-2,4,7-8,11-15,17,21,30H,3,5-6H2,(H2,23,25)(H,33,34)(H2,24,26,27). The topological polar surface area (TPSA) is 256 Å². The third-order valence-electron chi connectivity index (χ3n) is 7.28. The second-order valence-electron chi connectivity index (χ2n) is 9.96. The van der Waals surface area contributed by atoms with Crippen LogP contribution in [0.4, 0.5) is 15.9 Å². The third kappa shape index (κ3) is 5.11. The van der Waals surface area contributed by atoms with Gasteiger partial charge in [-0.3, -0.25) is 17.8 Å². The van der Waals surface area contributed by atoms with Crippen LogP contribution in [0.1, 0.15) is 18.9 Å². The van der Waals surface area contributed by atoms with Crippen molar-refractivity contribution in [3.63, 3.8) is 0 Å². The number of pyridine rings is 1. The molecule has 0 saturated carbocycles. The van der Waals surface area contributed by atoms with Crippen molar-refractivity contribution < 1.29 is 45.0 Å². The lowest BCUT2D eigenvalue weighted by Gasteiger charge is -2.25. The molecule has 0 spiro atoms. The van der Waals surface area contributed by atoms with Crippen LogP contribution in [0.15, 0.2) is 31.1 Å². The van der Waals surface area contributed by atoms with Crippen molar-refractivity contribution in [2.45, 2.75) is 49.5 Å². The highest BCUT2D eigenvalue weighted by atomic mass is 32.2. The third-order valence-corrected chi connectivity index (χ3v) is 9.29. The van der Waals surface area contributed by atoms with Crippen LogP contribution >= 0.6 is 7.82 Å². The summed E-state index contributed by atoms with van der Waals surface area (Å²) in [6.07, 6.45) is -4.80.